The summed E-state index contributed by atoms with van der Waals surface area (Å²) in [6.45, 7) is 4.94. The molecule has 2 aliphatic rings. The molecule has 8 heteroatoms. The van der Waals surface area contributed by atoms with Crippen LogP contribution in [-0.4, -0.2) is 64.0 Å². The Kier molecular flexibility index (Phi) is 6.72. The van der Waals surface area contributed by atoms with Gasteiger partial charge in [0.05, 0.1) is 18.8 Å². The van der Waals surface area contributed by atoms with E-state index >= 15 is 0 Å². The lowest BCUT2D eigenvalue weighted by Gasteiger charge is -2.41. The monoisotopic (exact) mass is 350 g/mol. The minimum atomic E-state index is -0.250. The van der Waals surface area contributed by atoms with Gasteiger partial charge in [-0.05, 0) is 26.2 Å². The fourth-order valence-electron chi connectivity index (χ4n) is 3.22. The predicted molar refractivity (Wildman–Crippen MR) is 93.3 cm³/mol. The second kappa shape index (κ2) is 8.77. The van der Waals surface area contributed by atoms with Crippen molar-refractivity contribution in [3.05, 3.63) is 23.9 Å². The zero-order valence-electron chi connectivity index (χ0n) is 14.8. The molecule has 0 radical (unpaired) electrons. The number of carboxylic acid groups (broad SMARTS) is 1. The number of hydrogen-bond acceptors (Lipinski definition) is 5. The Morgan fingerprint density at radius 3 is 2.72 bits per heavy atom. The van der Waals surface area contributed by atoms with Crippen molar-refractivity contribution in [2.24, 2.45) is 7.05 Å². The van der Waals surface area contributed by atoms with E-state index in [2.05, 4.69) is 28.3 Å². The van der Waals surface area contributed by atoms with Gasteiger partial charge in [-0.15, -0.1) is 0 Å². The van der Waals surface area contributed by atoms with Gasteiger partial charge < -0.3 is 15.2 Å². The summed E-state index contributed by atoms with van der Waals surface area (Å²) in [6.07, 6.45) is 7.07. The summed E-state index contributed by atoms with van der Waals surface area (Å²) in [5.74, 6) is 0.598. The summed E-state index contributed by atoms with van der Waals surface area (Å²) in [7, 11) is 1.83. The lowest BCUT2D eigenvalue weighted by molar-refractivity contribution is -0.123. The molecule has 1 spiro atoms. The van der Waals surface area contributed by atoms with Gasteiger partial charge >= 0.3 is 0 Å². The maximum atomic E-state index is 12.1. The molecule has 0 aliphatic carbocycles. The molecule has 0 saturated carbocycles. The van der Waals surface area contributed by atoms with Crippen molar-refractivity contribution in [1.29, 1.82) is 0 Å². The number of anilines is 1. The van der Waals surface area contributed by atoms with Crippen LogP contribution in [0.25, 0.3) is 0 Å². The van der Waals surface area contributed by atoms with Crippen molar-refractivity contribution in [1.82, 2.24) is 14.7 Å². The topological polar surface area (TPSA) is 96.7 Å². The normalized spacial score (nSPS) is 19.5. The Balaban J connectivity index is 0.000000701. The molecule has 1 saturated heterocycles. The molecule has 3 rings (SSSR count). The quantitative estimate of drug-likeness (QED) is 0.629. The van der Waals surface area contributed by atoms with Gasteiger partial charge in [0, 0.05) is 32.4 Å². The Hall–Kier alpha value is -2.19. The van der Waals surface area contributed by atoms with Crippen LogP contribution in [0.2, 0.25) is 0 Å². The number of amides is 1. The molecule has 1 aromatic rings. The second-order valence-electron chi connectivity index (χ2n) is 6.46. The van der Waals surface area contributed by atoms with Crippen LogP contribution in [0, 0.1) is 0 Å². The Morgan fingerprint density at radius 2 is 2.16 bits per heavy atom. The van der Waals surface area contributed by atoms with Gasteiger partial charge in [-0.2, -0.15) is 5.10 Å². The van der Waals surface area contributed by atoms with Gasteiger partial charge in [0.25, 0.3) is 6.47 Å². The predicted octanol–water partition coefficient (Wildman–Crippen LogP) is 1.26. The van der Waals surface area contributed by atoms with Crippen molar-refractivity contribution < 1.29 is 19.4 Å². The highest BCUT2D eigenvalue weighted by Crippen LogP contribution is 2.32. The van der Waals surface area contributed by atoms with Crippen molar-refractivity contribution in [3.8, 4) is 0 Å². The smallest absolute Gasteiger partial charge is 0.290 e. The summed E-state index contributed by atoms with van der Waals surface area (Å²) in [5, 5.41) is 13.9. The summed E-state index contributed by atoms with van der Waals surface area (Å²) >= 11 is 0. The maximum Gasteiger partial charge on any atom is 0.290 e. The van der Waals surface area contributed by atoms with Gasteiger partial charge in [0.2, 0.25) is 5.91 Å². The van der Waals surface area contributed by atoms with Crippen LogP contribution >= 0.6 is 0 Å². The molecule has 2 aliphatic heterocycles. The van der Waals surface area contributed by atoms with E-state index in [0.29, 0.717) is 12.4 Å². The molecule has 1 fully saturated rings. The zero-order valence-corrected chi connectivity index (χ0v) is 14.8. The van der Waals surface area contributed by atoms with Crippen molar-refractivity contribution >= 4 is 18.2 Å². The number of piperidine rings is 1. The van der Waals surface area contributed by atoms with Gasteiger partial charge in [-0.25, -0.2) is 0 Å². The number of carbonyl (C=O) groups is 2. The first-order chi connectivity index (χ1) is 12.0. The summed E-state index contributed by atoms with van der Waals surface area (Å²) < 4.78 is 7.69. The van der Waals surface area contributed by atoms with Gasteiger partial charge in [0.15, 0.2) is 5.82 Å². The maximum absolute atomic E-state index is 12.1. The molecule has 8 nitrogen and oxygen atoms in total. The number of likely N-dealkylation sites (tertiary alicyclic amines) is 1. The number of rotatable bonds is 3. The highest BCUT2D eigenvalue weighted by Gasteiger charge is 2.35. The zero-order chi connectivity index (χ0) is 18.3. The molecule has 0 aromatic carbocycles. The van der Waals surface area contributed by atoms with E-state index in [0.717, 1.165) is 39.0 Å². The molecular formula is C17H26N4O4. The van der Waals surface area contributed by atoms with Gasteiger partial charge in [0.1, 0.15) is 0 Å². The largest absolute Gasteiger partial charge is 0.483 e. The molecule has 25 heavy (non-hydrogen) atoms. The highest BCUT2D eigenvalue weighted by atomic mass is 16.5. The third-order valence-electron chi connectivity index (χ3n) is 4.45. The summed E-state index contributed by atoms with van der Waals surface area (Å²) in [6, 6.07) is 1.80. The van der Waals surface area contributed by atoms with E-state index in [1.165, 1.54) is 5.57 Å². The van der Waals surface area contributed by atoms with Crippen LogP contribution < -0.4 is 5.32 Å². The van der Waals surface area contributed by atoms with Crippen molar-refractivity contribution in [2.75, 3.05) is 31.6 Å². The van der Waals surface area contributed by atoms with Gasteiger partial charge in [-0.3, -0.25) is 19.2 Å². The molecule has 0 bridgehead atoms. The minimum absolute atomic E-state index is 0.00839. The fraction of sp³-hybridized carbons (Fsp3) is 0.588. The first-order valence-electron chi connectivity index (χ1n) is 8.38. The average molecular weight is 350 g/mol. The van der Waals surface area contributed by atoms with E-state index in [1.54, 1.807) is 10.7 Å². The molecular weight excluding hydrogens is 324 g/mol. The van der Waals surface area contributed by atoms with Crippen molar-refractivity contribution in [3.63, 3.8) is 0 Å². The standard InChI is InChI=1S/C16H24N4O2.CH2O2/c1-13-4-10-22-16(11-13)5-8-20(9-6-16)12-15(21)17-14-3-7-19(2)18-14;2-1-3/h3,7,11H,4-6,8-10,12H2,1-2H3,(H,17,18,21);1H,(H,2,3). The van der Waals surface area contributed by atoms with E-state index in [1.807, 2.05) is 13.2 Å². The Labute approximate surface area is 147 Å². The lowest BCUT2D eigenvalue weighted by atomic mass is 9.87. The van der Waals surface area contributed by atoms with Crippen LogP contribution in [0.3, 0.4) is 0 Å². The number of carbonyl (C=O) groups excluding carboxylic acids is 1. The van der Waals surface area contributed by atoms with Crippen LogP contribution in [0.4, 0.5) is 5.82 Å². The van der Waals surface area contributed by atoms with Crippen LogP contribution in [0.5, 0.6) is 0 Å². The number of hydrogen-bond donors (Lipinski definition) is 2. The first-order valence-corrected chi connectivity index (χ1v) is 8.38. The molecule has 138 valence electrons. The molecule has 1 amide bonds. The molecule has 1 aromatic heterocycles. The van der Waals surface area contributed by atoms with Crippen LogP contribution in [-0.2, 0) is 21.4 Å². The average Bonchev–Trinajstić information content (AvgIpc) is 2.95. The van der Waals surface area contributed by atoms with Crippen LogP contribution in [0.1, 0.15) is 26.2 Å². The molecule has 0 unspecified atom stereocenters. The molecule has 0 atom stereocenters. The Bertz CT molecular complexity index is 618. The number of nitrogens with zero attached hydrogens (tertiary/aromatic N) is 3. The van der Waals surface area contributed by atoms with E-state index in [4.69, 9.17) is 14.6 Å². The SMILES string of the molecule is CC1=CC2(CCN(CC(=O)Nc3ccn(C)n3)CC2)OCC1.O=CO. The second-order valence-corrected chi connectivity index (χ2v) is 6.46. The van der Waals surface area contributed by atoms with Crippen LogP contribution in [0.15, 0.2) is 23.9 Å². The number of aromatic nitrogens is 2. The first kappa shape index (κ1) is 19.1. The van der Waals surface area contributed by atoms with Gasteiger partial charge in [-0.1, -0.05) is 11.6 Å². The molecule has 3 heterocycles. The fourth-order valence-corrected chi connectivity index (χ4v) is 3.22. The van der Waals surface area contributed by atoms with Crippen molar-refractivity contribution in [2.45, 2.75) is 31.8 Å². The summed E-state index contributed by atoms with van der Waals surface area (Å²) in [5.41, 5.74) is 1.34. The lowest BCUT2D eigenvalue weighted by Crippen LogP contribution is -2.48. The number of ether oxygens (including phenoxy) is 1. The third-order valence-corrected chi connectivity index (χ3v) is 4.45. The molecule has 2 N–H and O–H groups in total. The van der Waals surface area contributed by atoms with E-state index < -0.39 is 0 Å². The van der Waals surface area contributed by atoms with E-state index in [9.17, 15) is 4.79 Å². The number of aryl methyl sites for hydroxylation is 1. The van der Waals surface area contributed by atoms with E-state index in [-0.39, 0.29) is 18.0 Å². The number of nitrogens with one attached hydrogen (secondary N) is 1. The summed E-state index contributed by atoms with van der Waals surface area (Å²) in [4.78, 5) is 22.6. The minimum Gasteiger partial charge on any atom is -0.483 e. The Morgan fingerprint density at radius 1 is 1.48 bits per heavy atom. The third kappa shape index (κ3) is 5.68. The highest BCUT2D eigenvalue weighted by molar-refractivity contribution is 5.91.